The second-order valence-corrected chi connectivity index (χ2v) is 12.0. The van der Waals surface area contributed by atoms with E-state index in [9.17, 15) is 4.79 Å². The summed E-state index contributed by atoms with van der Waals surface area (Å²) in [7, 11) is 3.08. The molecule has 0 spiro atoms. The van der Waals surface area contributed by atoms with E-state index in [1.807, 2.05) is 6.92 Å². The number of halogens is 2. The van der Waals surface area contributed by atoms with E-state index >= 15 is 8.78 Å². The highest BCUT2D eigenvalue weighted by atomic mass is 19.1. The number of amides is 1. The molecule has 2 saturated heterocycles. The Morgan fingerprint density at radius 3 is 2.48 bits per heavy atom. The third-order valence-corrected chi connectivity index (χ3v) is 9.16. The van der Waals surface area contributed by atoms with E-state index in [4.69, 9.17) is 14.2 Å². The summed E-state index contributed by atoms with van der Waals surface area (Å²) in [5.41, 5.74) is 0.374. The number of fused-ring (bicyclic) bond motifs is 3. The van der Waals surface area contributed by atoms with Crippen molar-refractivity contribution in [2.45, 2.75) is 57.7 Å². The van der Waals surface area contributed by atoms with Crippen molar-refractivity contribution in [3.8, 4) is 40.0 Å². The second kappa shape index (κ2) is 14.1. The summed E-state index contributed by atoms with van der Waals surface area (Å²) in [4.78, 5) is 33.3. The number of hydrogen-bond donors (Lipinski definition) is 2. The van der Waals surface area contributed by atoms with E-state index in [-0.39, 0.29) is 35.0 Å². The molecule has 1 amide bonds. The molecule has 2 aliphatic heterocycles. The quantitative estimate of drug-likeness (QED) is 0.197. The van der Waals surface area contributed by atoms with Crippen LogP contribution in [-0.2, 0) is 6.54 Å². The number of rotatable bonds is 12. The molecule has 3 aromatic heterocycles. The fourth-order valence-electron chi connectivity index (χ4n) is 6.59. The van der Waals surface area contributed by atoms with Gasteiger partial charge >= 0.3 is 0 Å². The van der Waals surface area contributed by atoms with Crippen LogP contribution in [0.3, 0.4) is 0 Å². The molecule has 2 N–H and O–H groups in total. The first-order chi connectivity index (χ1) is 23.3. The van der Waals surface area contributed by atoms with Crippen molar-refractivity contribution in [3.63, 3.8) is 0 Å². The lowest BCUT2D eigenvalue weighted by atomic mass is 9.73. The molecule has 3 aliphatic rings. The normalized spacial score (nSPS) is 18.8. The lowest BCUT2D eigenvalue weighted by molar-refractivity contribution is 0.0140. The van der Waals surface area contributed by atoms with E-state index in [0.29, 0.717) is 42.1 Å². The van der Waals surface area contributed by atoms with Crippen molar-refractivity contribution in [1.82, 2.24) is 30.2 Å². The van der Waals surface area contributed by atoms with Crippen LogP contribution >= 0.6 is 0 Å². The van der Waals surface area contributed by atoms with E-state index in [1.165, 1.54) is 25.6 Å². The first kappa shape index (κ1) is 33.0. The van der Waals surface area contributed by atoms with Gasteiger partial charge in [0.15, 0.2) is 11.6 Å². The average molecular weight is 660 g/mol. The van der Waals surface area contributed by atoms with Crippen LogP contribution in [0, 0.1) is 11.8 Å². The molecule has 1 aliphatic carbocycles. The van der Waals surface area contributed by atoms with Crippen LogP contribution in [0.5, 0.6) is 17.4 Å². The number of ether oxygens (including phenoxy) is 3. The molecule has 2 bridgehead atoms. The monoisotopic (exact) mass is 659 g/mol. The van der Waals surface area contributed by atoms with Gasteiger partial charge in [0.2, 0.25) is 5.88 Å². The highest BCUT2D eigenvalue weighted by Gasteiger charge is 2.45. The summed E-state index contributed by atoms with van der Waals surface area (Å²) in [5.74, 6) is -1.00. The number of nitrogens with zero attached hydrogens (tertiary/aromatic N) is 5. The Kier molecular flexibility index (Phi) is 9.67. The number of piperidine rings is 2. The molecule has 4 aromatic rings. The predicted octanol–water partition coefficient (Wildman–Crippen LogP) is 5.65. The van der Waals surface area contributed by atoms with Crippen molar-refractivity contribution >= 4 is 11.7 Å². The molecule has 3 fully saturated rings. The maximum Gasteiger partial charge on any atom is 0.256 e. The van der Waals surface area contributed by atoms with Crippen molar-refractivity contribution in [2.24, 2.45) is 0 Å². The van der Waals surface area contributed by atoms with Crippen molar-refractivity contribution in [3.05, 3.63) is 71.7 Å². The van der Waals surface area contributed by atoms with Crippen molar-refractivity contribution in [1.29, 1.82) is 0 Å². The number of likely N-dealkylation sites (N-methyl/N-ethyl adjacent to an activating group) is 1. The van der Waals surface area contributed by atoms with E-state index in [2.05, 4.69) is 42.4 Å². The molecule has 0 unspecified atom stereocenters. The number of anilines is 1. The molecule has 252 valence electrons. The van der Waals surface area contributed by atoms with Gasteiger partial charge in [0.05, 0.1) is 43.8 Å². The molecule has 7 rings (SSSR count). The summed E-state index contributed by atoms with van der Waals surface area (Å²) in [6.45, 7) is 6.17. The Balaban J connectivity index is 1.32. The van der Waals surface area contributed by atoms with E-state index in [1.54, 1.807) is 37.4 Å². The lowest BCUT2D eigenvalue weighted by Crippen LogP contribution is -2.65. The summed E-state index contributed by atoms with van der Waals surface area (Å²) >= 11 is 0. The van der Waals surface area contributed by atoms with Gasteiger partial charge in [-0.15, -0.1) is 0 Å². The molecular weight excluding hydrogens is 620 g/mol. The molecular formula is C35H39F2N7O4. The van der Waals surface area contributed by atoms with Gasteiger partial charge in [0, 0.05) is 48.6 Å². The number of pyridine rings is 2. The maximum atomic E-state index is 16.4. The van der Waals surface area contributed by atoms with Crippen LogP contribution in [0.2, 0.25) is 0 Å². The van der Waals surface area contributed by atoms with E-state index in [0.717, 1.165) is 37.8 Å². The molecule has 0 atom stereocenters. The van der Waals surface area contributed by atoms with Crippen LogP contribution in [0.4, 0.5) is 14.6 Å². The second-order valence-electron chi connectivity index (χ2n) is 12.0. The Morgan fingerprint density at radius 2 is 1.81 bits per heavy atom. The average Bonchev–Trinajstić information content (AvgIpc) is 3.11. The van der Waals surface area contributed by atoms with Crippen molar-refractivity contribution < 1.29 is 27.8 Å². The zero-order chi connectivity index (χ0) is 33.8. The van der Waals surface area contributed by atoms with Gasteiger partial charge in [-0.2, -0.15) is 4.39 Å². The van der Waals surface area contributed by atoms with Crippen LogP contribution in [-0.4, -0.2) is 76.2 Å². The molecule has 48 heavy (non-hydrogen) atoms. The minimum atomic E-state index is -0.960. The van der Waals surface area contributed by atoms with E-state index < -0.39 is 23.2 Å². The summed E-state index contributed by atoms with van der Waals surface area (Å²) in [6.07, 6.45) is 6.35. The fraction of sp³-hybridized carbons (Fsp3) is 0.400. The lowest BCUT2D eigenvalue weighted by Gasteiger charge is -2.53. The maximum absolute atomic E-state index is 16.4. The standard InChI is InChI=1S/C35H39F2N7O4/c1-5-44-20-35(13-11-23(44)12-14-35)43-34(45)25-16-26(21-8-10-29(38-17-21)48-6-2)41-31(30(25)36)27-19-40-33(32(37)42-27)39-18-22-7-9-24(46-3)15-28(22)47-4/h7-10,15-17,19,23H,5-6,11-14,18,20H2,1-4H3,(H,39,40)(H,43,45). The molecule has 1 saturated carbocycles. The largest absolute Gasteiger partial charge is 0.497 e. The molecule has 13 heteroatoms. The third-order valence-electron chi connectivity index (χ3n) is 9.16. The fourth-order valence-corrected chi connectivity index (χ4v) is 6.59. The number of benzene rings is 1. The summed E-state index contributed by atoms with van der Waals surface area (Å²) in [6, 6.07) is 10.6. The summed E-state index contributed by atoms with van der Waals surface area (Å²) in [5, 5.41) is 6.09. The number of carbonyl (C=O) groups excluding carboxylic acids is 1. The van der Waals surface area contributed by atoms with Crippen LogP contribution in [0.25, 0.3) is 22.6 Å². The molecule has 5 heterocycles. The van der Waals surface area contributed by atoms with Gasteiger partial charge in [-0.25, -0.2) is 24.3 Å². The Labute approximate surface area is 278 Å². The first-order valence-corrected chi connectivity index (χ1v) is 16.1. The SMILES string of the molecule is CCOc1ccc(-c2cc(C(=O)NC34CCC(CC3)N(CC)C4)c(F)c(-c3cnc(NCc4ccc(OC)cc4OC)c(F)n3)n2)cn1. The van der Waals surface area contributed by atoms with Gasteiger partial charge in [0.25, 0.3) is 11.9 Å². The number of hydrogen-bond acceptors (Lipinski definition) is 10. The van der Waals surface area contributed by atoms with Crippen LogP contribution in [0.1, 0.15) is 55.5 Å². The minimum absolute atomic E-state index is 0.144. The Hall–Kier alpha value is -4.91. The summed E-state index contributed by atoms with van der Waals surface area (Å²) < 4.78 is 47.9. The van der Waals surface area contributed by atoms with Crippen LogP contribution < -0.4 is 24.8 Å². The smallest absolute Gasteiger partial charge is 0.256 e. The van der Waals surface area contributed by atoms with Gasteiger partial charge < -0.3 is 24.8 Å². The third kappa shape index (κ3) is 6.73. The van der Waals surface area contributed by atoms with Gasteiger partial charge in [-0.1, -0.05) is 6.92 Å². The minimum Gasteiger partial charge on any atom is -0.497 e. The number of nitrogens with one attached hydrogen (secondary N) is 2. The number of carbonyl (C=O) groups is 1. The van der Waals surface area contributed by atoms with Gasteiger partial charge in [-0.3, -0.25) is 9.69 Å². The Bertz CT molecular complexity index is 1780. The zero-order valence-corrected chi connectivity index (χ0v) is 27.5. The zero-order valence-electron chi connectivity index (χ0n) is 27.5. The predicted molar refractivity (Wildman–Crippen MR) is 176 cm³/mol. The highest BCUT2D eigenvalue weighted by Crippen LogP contribution is 2.39. The topological polar surface area (TPSA) is 124 Å². The molecule has 11 nitrogen and oxygen atoms in total. The molecule has 1 aromatic carbocycles. The molecule has 0 radical (unpaired) electrons. The number of aromatic nitrogens is 4. The first-order valence-electron chi connectivity index (χ1n) is 16.1. The van der Waals surface area contributed by atoms with Gasteiger partial charge in [-0.05, 0) is 63.4 Å². The number of methoxy groups -OCH3 is 2. The van der Waals surface area contributed by atoms with Gasteiger partial charge in [0.1, 0.15) is 22.9 Å². The highest BCUT2D eigenvalue weighted by molar-refractivity contribution is 5.97. The van der Waals surface area contributed by atoms with Crippen molar-refractivity contribution in [2.75, 3.05) is 39.2 Å². The Morgan fingerprint density at radius 1 is 1.00 bits per heavy atom. The van der Waals surface area contributed by atoms with Crippen LogP contribution in [0.15, 0.2) is 48.8 Å².